The van der Waals surface area contributed by atoms with Crippen LogP contribution in [0.5, 0.6) is 0 Å². The van der Waals surface area contributed by atoms with Crippen LogP contribution in [0.4, 0.5) is 4.79 Å². The molecule has 22 heavy (non-hydrogen) atoms. The highest BCUT2D eigenvalue weighted by atomic mass is 32.1. The van der Waals surface area contributed by atoms with E-state index in [-0.39, 0.29) is 6.03 Å². The van der Waals surface area contributed by atoms with Crippen molar-refractivity contribution in [2.24, 2.45) is 0 Å². The molecular formula is C15H17N5OS. The van der Waals surface area contributed by atoms with Gasteiger partial charge in [-0.3, -0.25) is 0 Å². The maximum Gasteiger partial charge on any atom is 0.315 e. The van der Waals surface area contributed by atoms with E-state index in [1.807, 2.05) is 35.1 Å². The van der Waals surface area contributed by atoms with Crippen LogP contribution in [0, 0.1) is 0 Å². The van der Waals surface area contributed by atoms with Crippen LogP contribution in [-0.2, 0) is 19.5 Å². The van der Waals surface area contributed by atoms with E-state index in [1.165, 1.54) is 4.88 Å². The Balaban J connectivity index is 1.49. The van der Waals surface area contributed by atoms with Crippen molar-refractivity contribution in [1.29, 1.82) is 0 Å². The Morgan fingerprint density at radius 2 is 2.14 bits per heavy atom. The SMILES string of the molecule is CCc1cnc(CNC(=O)NCc2ccn3ccnc3c2)s1. The molecule has 0 aliphatic heterocycles. The van der Waals surface area contributed by atoms with Gasteiger partial charge >= 0.3 is 6.03 Å². The second-order valence-electron chi connectivity index (χ2n) is 4.84. The average molecular weight is 315 g/mol. The third-order valence-electron chi connectivity index (χ3n) is 3.27. The van der Waals surface area contributed by atoms with E-state index < -0.39 is 0 Å². The Kier molecular flexibility index (Phi) is 4.34. The molecule has 3 rings (SSSR count). The van der Waals surface area contributed by atoms with Gasteiger partial charge in [0.05, 0.1) is 6.54 Å². The minimum absolute atomic E-state index is 0.198. The molecule has 3 aromatic rings. The van der Waals surface area contributed by atoms with Crippen molar-refractivity contribution in [1.82, 2.24) is 25.0 Å². The molecule has 0 spiro atoms. The first-order valence-corrected chi connectivity index (χ1v) is 7.93. The number of carbonyl (C=O) groups excluding carboxylic acids is 1. The lowest BCUT2D eigenvalue weighted by atomic mass is 10.2. The molecule has 2 amide bonds. The Morgan fingerprint density at radius 3 is 2.95 bits per heavy atom. The third-order valence-corrected chi connectivity index (χ3v) is 4.41. The fourth-order valence-electron chi connectivity index (χ4n) is 2.06. The number of nitrogens with one attached hydrogen (secondary N) is 2. The lowest BCUT2D eigenvalue weighted by Gasteiger charge is -2.07. The predicted molar refractivity (Wildman–Crippen MR) is 85.8 cm³/mol. The van der Waals surface area contributed by atoms with Crippen molar-refractivity contribution in [3.63, 3.8) is 0 Å². The molecule has 0 aliphatic carbocycles. The molecule has 6 nitrogen and oxygen atoms in total. The van der Waals surface area contributed by atoms with Gasteiger partial charge in [-0.2, -0.15) is 0 Å². The molecule has 0 atom stereocenters. The van der Waals surface area contributed by atoms with E-state index in [0.717, 1.165) is 22.6 Å². The fourth-order valence-corrected chi connectivity index (χ4v) is 2.86. The molecule has 114 valence electrons. The van der Waals surface area contributed by atoms with Gasteiger partial charge < -0.3 is 15.0 Å². The number of urea groups is 1. The van der Waals surface area contributed by atoms with Crippen molar-refractivity contribution in [3.8, 4) is 0 Å². The first-order valence-electron chi connectivity index (χ1n) is 7.11. The number of nitrogens with zero attached hydrogens (tertiary/aromatic N) is 3. The molecule has 0 fully saturated rings. The van der Waals surface area contributed by atoms with Crippen molar-refractivity contribution in [2.45, 2.75) is 26.4 Å². The molecular weight excluding hydrogens is 298 g/mol. The number of carbonyl (C=O) groups is 1. The van der Waals surface area contributed by atoms with E-state index in [2.05, 4.69) is 27.5 Å². The van der Waals surface area contributed by atoms with Gasteiger partial charge in [0.25, 0.3) is 0 Å². The smallest absolute Gasteiger partial charge is 0.315 e. The first-order chi connectivity index (χ1) is 10.7. The van der Waals surface area contributed by atoms with Crippen LogP contribution in [0.3, 0.4) is 0 Å². The van der Waals surface area contributed by atoms with Gasteiger partial charge in [-0.15, -0.1) is 11.3 Å². The Labute approximate surface area is 132 Å². The summed E-state index contributed by atoms with van der Waals surface area (Å²) < 4.78 is 1.93. The summed E-state index contributed by atoms with van der Waals surface area (Å²) in [6.45, 7) is 3.01. The summed E-state index contributed by atoms with van der Waals surface area (Å²) in [5, 5.41) is 6.57. The lowest BCUT2D eigenvalue weighted by Crippen LogP contribution is -2.34. The molecule has 0 radical (unpaired) electrons. The van der Waals surface area contributed by atoms with E-state index in [4.69, 9.17) is 0 Å². The number of fused-ring (bicyclic) bond motifs is 1. The number of thiazole rings is 1. The van der Waals surface area contributed by atoms with Gasteiger partial charge in [0, 0.05) is 36.2 Å². The van der Waals surface area contributed by atoms with E-state index in [0.29, 0.717) is 13.1 Å². The number of hydrogen-bond acceptors (Lipinski definition) is 4. The monoisotopic (exact) mass is 315 g/mol. The average Bonchev–Trinajstić information content (AvgIpc) is 3.19. The molecule has 7 heteroatoms. The Bertz CT molecular complexity index is 779. The molecule has 0 aliphatic rings. The van der Waals surface area contributed by atoms with Crippen LogP contribution in [0.25, 0.3) is 5.65 Å². The zero-order valence-electron chi connectivity index (χ0n) is 12.2. The molecule has 0 unspecified atom stereocenters. The fraction of sp³-hybridized carbons (Fsp3) is 0.267. The second-order valence-corrected chi connectivity index (χ2v) is 6.04. The number of aromatic nitrogens is 3. The van der Waals surface area contributed by atoms with Gasteiger partial charge in [0.1, 0.15) is 10.7 Å². The molecule has 3 heterocycles. The lowest BCUT2D eigenvalue weighted by molar-refractivity contribution is 0.240. The van der Waals surface area contributed by atoms with Crippen molar-refractivity contribution in [2.75, 3.05) is 0 Å². The summed E-state index contributed by atoms with van der Waals surface area (Å²) in [6.07, 6.45) is 8.40. The first kappa shape index (κ1) is 14.5. The standard InChI is InChI=1S/C15H17N5OS/c1-2-12-9-17-14(22-12)10-19-15(21)18-8-11-3-5-20-6-4-16-13(20)7-11/h3-7,9H,2,8,10H2,1H3,(H2,18,19,21). The van der Waals surface area contributed by atoms with E-state index >= 15 is 0 Å². The minimum atomic E-state index is -0.198. The normalized spacial score (nSPS) is 10.8. The maximum absolute atomic E-state index is 11.8. The largest absolute Gasteiger partial charge is 0.334 e. The molecule has 2 N–H and O–H groups in total. The summed E-state index contributed by atoms with van der Waals surface area (Å²) in [7, 11) is 0. The number of rotatable bonds is 5. The predicted octanol–water partition coefficient (Wildman–Crippen LogP) is 2.35. The number of amides is 2. The van der Waals surface area contributed by atoms with E-state index in [1.54, 1.807) is 17.5 Å². The summed E-state index contributed by atoms with van der Waals surface area (Å²) in [5.41, 5.74) is 1.88. The Hall–Kier alpha value is -2.41. The highest BCUT2D eigenvalue weighted by Crippen LogP contribution is 2.12. The van der Waals surface area contributed by atoms with Crippen molar-refractivity contribution < 1.29 is 4.79 Å². The van der Waals surface area contributed by atoms with E-state index in [9.17, 15) is 4.79 Å². The van der Waals surface area contributed by atoms with Crippen molar-refractivity contribution in [3.05, 3.63) is 52.4 Å². The quantitative estimate of drug-likeness (QED) is 0.759. The van der Waals surface area contributed by atoms with Gasteiger partial charge in [-0.05, 0) is 24.1 Å². The number of hydrogen-bond donors (Lipinski definition) is 2. The zero-order chi connectivity index (χ0) is 15.4. The topological polar surface area (TPSA) is 71.3 Å². The Morgan fingerprint density at radius 1 is 1.27 bits per heavy atom. The third kappa shape index (κ3) is 3.43. The molecule has 0 saturated carbocycles. The van der Waals surface area contributed by atoms with Crippen LogP contribution >= 0.6 is 11.3 Å². The maximum atomic E-state index is 11.8. The molecule has 0 bridgehead atoms. The molecule has 0 saturated heterocycles. The molecule has 0 aromatic carbocycles. The van der Waals surface area contributed by atoms with Crippen molar-refractivity contribution >= 4 is 23.0 Å². The highest BCUT2D eigenvalue weighted by molar-refractivity contribution is 7.11. The van der Waals surface area contributed by atoms with Gasteiger partial charge in [-0.1, -0.05) is 6.92 Å². The van der Waals surface area contributed by atoms with Crippen LogP contribution in [0.1, 0.15) is 22.4 Å². The number of pyridine rings is 1. The summed E-state index contributed by atoms with van der Waals surface area (Å²) in [5.74, 6) is 0. The zero-order valence-corrected chi connectivity index (χ0v) is 13.1. The molecule has 3 aromatic heterocycles. The summed E-state index contributed by atoms with van der Waals surface area (Å²) >= 11 is 1.63. The summed E-state index contributed by atoms with van der Waals surface area (Å²) in [6, 6.07) is 3.72. The number of aryl methyl sites for hydroxylation is 1. The number of imidazole rings is 1. The van der Waals surface area contributed by atoms with Crippen LogP contribution in [0.15, 0.2) is 36.9 Å². The van der Waals surface area contributed by atoms with Gasteiger partial charge in [-0.25, -0.2) is 14.8 Å². The summed E-state index contributed by atoms with van der Waals surface area (Å²) in [4.78, 5) is 21.5. The van der Waals surface area contributed by atoms with Gasteiger partial charge in [0.15, 0.2) is 0 Å². The van der Waals surface area contributed by atoms with Crippen LogP contribution < -0.4 is 10.6 Å². The second kappa shape index (κ2) is 6.57. The minimum Gasteiger partial charge on any atom is -0.334 e. The van der Waals surface area contributed by atoms with Gasteiger partial charge in [0.2, 0.25) is 0 Å². The highest BCUT2D eigenvalue weighted by Gasteiger charge is 2.04. The van der Waals surface area contributed by atoms with Crippen LogP contribution in [-0.4, -0.2) is 20.4 Å². The van der Waals surface area contributed by atoms with Crippen LogP contribution in [0.2, 0.25) is 0 Å².